The van der Waals surface area contributed by atoms with Crippen LogP contribution in [0.25, 0.3) is 56.2 Å². The fourth-order valence-corrected chi connectivity index (χ4v) is 8.90. The molecule has 4 nitrogen and oxygen atoms in total. The first-order valence-electron chi connectivity index (χ1n) is 21.5. The van der Waals surface area contributed by atoms with Crippen LogP contribution in [0.15, 0.2) is 133 Å². The number of fused-ring (bicyclic) bond motifs is 2. The van der Waals surface area contributed by atoms with E-state index in [0.717, 1.165) is 59.5 Å². The quantitative estimate of drug-likeness (QED) is 0.110. The van der Waals surface area contributed by atoms with Crippen molar-refractivity contribution in [2.45, 2.75) is 105 Å². The molecule has 6 aromatic carbocycles. The van der Waals surface area contributed by atoms with Gasteiger partial charge in [-0.15, -0.1) is 0 Å². The van der Waals surface area contributed by atoms with Crippen molar-refractivity contribution in [2.75, 3.05) is 0 Å². The fraction of sp³-hybridized carbons (Fsp3) is 0.296. The normalized spacial score (nSPS) is 12.0. The molecule has 0 unspecified atom stereocenters. The zero-order valence-electron chi connectivity index (χ0n) is 35.6. The van der Waals surface area contributed by atoms with Crippen molar-refractivity contribution in [2.24, 2.45) is 0 Å². The van der Waals surface area contributed by atoms with E-state index in [0.29, 0.717) is 23.7 Å². The predicted molar refractivity (Wildman–Crippen MR) is 246 cm³/mol. The van der Waals surface area contributed by atoms with Gasteiger partial charge < -0.3 is 0 Å². The van der Waals surface area contributed by atoms with Crippen molar-refractivity contribution in [3.63, 3.8) is 0 Å². The molecule has 0 aliphatic carbocycles. The van der Waals surface area contributed by atoms with Crippen LogP contribution in [0.4, 0.5) is 0 Å². The average Bonchev–Trinajstić information content (AvgIpc) is 3.82. The van der Waals surface area contributed by atoms with Crippen LogP contribution in [0, 0.1) is 0 Å². The van der Waals surface area contributed by atoms with Gasteiger partial charge in [-0.25, -0.2) is 9.97 Å². The standard InChI is InChI=1S/C54H58N4/c1-35(2)43-29-19-30-44(36(3)4)51(43)57-47-33-17-27-39(49(47)55-53(57)41-23-11-9-12-24-41)21-15-16-22-40-28-18-34-48-50(40)56-54(42-25-13-10-14-26-42)58(48)52-45(37(5)6)31-20-32-46(52)38(7)8/h9-14,17-20,23-38H,15-16,21-22H2,1-8H3. The summed E-state index contributed by atoms with van der Waals surface area (Å²) in [5, 5.41) is 0. The van der Waals surface area contributed by atoms with Crippen LogP contribution in [0.2, 0.25) is 0 Å². The third-order valence-electron chi connectivity index (χ3n) is 11.9. The lowest BCUT2D eigenvalue weighted by molar-refractivity contribution is 0.738. The van der Waals surface area contributed by atoms with Crippen LogP contribution >= 0.6 is 0 Å². The van der Waals surface area contributed by atoms with Gasteiger partial charge in [-0.2, -0.15) is 0 Å². The molecular weight excluding hydrogens is 705 g/mol. The van der Waals surface area contributed by atoms with Gasteiger partial charge in [0.1, 0.15) is 11.6 Å². The molecule has 2 aromatic heterocycles. The lowest BCUT2D eigenvalue weighted by atomic mass is 9.92. The molecule has 0 fully saturated rings. The second kappa shape index (κ2) is 16.6. The van der Waals surface area contributed by atoms with E-state index in [1.807, 2.05) is 0 Å². The van der Waals surface area contributed by atoms with Gasteiger partial charge in [-0.3, -0.25) is 9.13 Å². The molecule has 8 aromatic rings. The van der Waals surface area contributed by atoms with Crippen LogP contribution in [0.3, 0.4) is 0 Å². The third-order valence-corrected chi connectivity index (χ3v) is 11.9. The van der Waals surface area contributed by atoms with Gasteiger partial charge in [0.15, 0.2) is 0 Å². The number of hydrogen-bond donors (Lipinski definition) is 0. The summed E-state index contributed by atoms with van der Waals surface area (Å²) in [6, 6.07) is 48.7. The first-order valence-corrected chi connectivity index (χ1v) is 21.5. The van der Waals surface area contributed by atoms with Crippen LogP contribution < -0.4 is 0 Å². The Morgan fingerprint density at radius 3 is 1.03 bits per heavy atom. The molecule has 0 saturated carbocycles. The largest absolute Gasteiger partial charge is 0.292 e. The van der Waals surface area contributed by atoms with Gasteiger partial charge in [-0.1, -0.05) is 177 Å². The first-order chi connectivity index (χ1) is 28.1. The van der Waals surface area contributed by atoms with Gasteiger partial charge in [0.05, 0.1) is 33.4 Å². The second-order valence-electron chi connectivity index (χ2n) is 17.2. The Morgan fingerprint density at radius 1 is 0.379 bits per heavy atom. The van der Waals surface area contributed by atoms with E-state index in [2.05, 4.69) is 198 Å². The van der Waals surface area contributed by atoms with E-state index in [4.69, 9.17) is 9.97 Å². The topological polar surface area (TPSA) is 35.6 Å². The van der Waals surface area contributed by atoms with Gasteiger partial charge in [-0.05, 0) is 94.9 Å². The van der Waals surface area contributed by atoms with Crippen molar-refractivity contribution < 1.29 is 0 Å². The molecule has 0 atom stereocenters. The summed E-state index contributed by atoms with van der Waals surface area (Å²) >= 11 is 0. The SMILES string of the molecule is CC(C)c1cccc(C(C)C)c1-n1c(-c2ccccc2)nc2c(CCCCc3cccc4c3nc(-c3ccccc3)n4-c3c(C(C)C)cccc3C(C)C)cccc21. The van der Waals surface area contributed by atoms with Crippen molar-refractivity contribution in [3.8, 4) is 34.2 Å². The van der Waals surface area contributed by atoms with E-state index in [-0.39, 0.29) is 0 Å². The van der Waals surface area contributed by atoms with Crippen molar-refractivity contribution >= 4 is 22.1 Å². The Labute approximate surface area is 345 Å². The number of rotatable bonds is 13. The van der Waals surface area contributed by atoms with Crippen molar-refractivity contribution in [1.82, 2.24) is 19.1 Å². The van der Waals surface area contributed by atoms with Crippen LogP contribution in [0.5, 0.6) is 0 Å². The first kappa shape index (κ1) is 39.1. The summed E-state index contributed by atoms with van der Waals surface area (Å²) in [5.41, 5.74) is 17.4. The van der Waals surface area contributed by atoms with Crippen LogP contribution in [-0.4, -0.2) is 19.1 Å². The molecule has 0 amide bonds. The number of unbranched alkanes of at least 4 members (excludes halogenated alkanes) is 1. The van der Waals surface area contributed by atoms with Crippen LogP contribution in [0.1, 0.15) is 125 Å². The Hall–Kier alpha value is -5.74. The number of para-hydroxylation sites is 4. The van der Waals surface area contributed by atoms with E-state index >= 15 is 0 Å². The van der Waals surface area contributed by atoms with Crippen LogP contribution in [-0.2, 0) is 12.8 Å². The second-order valence-corrected chi connectivity index (χ2v) is 17.2. The molecular formula is C54H58N4. The zero-order valence-corrected chi connectivity index (χ0v) is 35.6. The Bertz CT molecular complexity index is 2430. The zero-order chi connectivity index (χ0) is 40.5. The number of aryl methyl sites for hydroxylation is 2. The fourth-order valence-electron chi connectivity index (χ4n) is 8.90. The molecule has 0 radical (unpaired) electrons. The summed E-state index contributed by atoms with van der Waals surface area (Å²) in [6.45, 7) is 18.4. The predicted octanol–water partition coefficient (Wildman–Crippen LogP) is 14.8. The number of hydrogen-bond acceptors (Lipinski definition) is 2. The summed E-state index contributed by atoms with van der Waals surface area (Å²) in [7, 11) is 0. The molecule has 0 saturated heterocycles. The smallest absolute Gasteiger partial charge is 0.145 e. The average molecular weight is 763 g/mol. The molecule has 4 heteroatoms. The Kier molecular flexibility index (Phi) is 11.2. The highest BCUT2D eigenvalue weighted by atomic mass is 15.1. The van der Waals surface area contributed by atoms with Crippen molar-refractivity contribution in [3.05, 3.63) is 167 Å². The summed E-state index contributed by atoms with van der Waals surface area (Å²) in [5.74, 6) is 3.52. The van der Waals surface area contributed by atoms with Gasteiger partial charge in [0.2, 0.25) is 0 Å². The third kappa shape index (κ3) is 7.30. The van der Waals surface area contributed by atoms with E-state index < -0.39 is 0 Å². The lowest BCUT2D eigenvalue weighted by Crippen LogP contribution is -2.08. The molecule has 0 bridgehead atoms. The molecule has 0 spiro atoms. The van der Waals surface area contributed by atoms with Crippen molar-refractivity contribution in [1.29, 1.82) is 0 Å². The molecule has 0 aliphatic rings. The monoisotopic (exact) mass is 762 g/mol. The van der Waals surface area contributed by atoms with Gasteiger partial charge in [0.25, 0.3) is 0 Å². The minimum Gasteiger partial charge on any atom is -0.292 e. The highest BCUT2D eigenvalue weighted by Gasteiger charge is 2.25. The summed E-state index contributed by atoms with van der Waals surface area (Å²) < 4.78 is 4.92. The minimum absolute atomic E-state index is 0.375. The molecule has 58 heavy (non-hydrogen) atoms. The number of imidazole rings is 2. The molecule has 294 valence electrons. The van der Waals surface area contributed by atoms with E-state index in [1.54, 1.807) is 0 Å². The number of nitrogens with zero attached hydrogens (tertiary/aromatic N) is 4. The maximum atomic E-state index is 5.50. The Morgan fingerprint density at radius 2 is 0.707 bits per heavy atom. The number of aromatic nitrogens is 4. The molecule has 2 heterocycles. The van der Waals surface area contributed by atoms with E-state index in [1.165, 1.54) is 55.8 Å². The number of benzene rings is 6. The molecule has 0 aliphatic heterocycles. The van der Waals surface area contributed by atoms with Gasteiger partial charge in [0, 0.05) is 11.1 Å². The van der Waals surface area contributed by atoms with Gasteiger partial charge >= 0.3 is 0 Å². The highest BCUT2D eigenvalue weighted by molar-refractivity contribution is 5.88. The maximum absolute atomic E-state index is 5.50. The Balaban J connectivity index is 1.16. The minimum atomic E-state index is 0.375. The molecule has 0 N–H and O–H groups in total. The lowest BCUT2D eigenvalue weighted by Gasteiger charge is -2.22. The molecule has 8 rings (SSSR count). The van der Waals surface area contributed by atoms with E-state index in [9.17, 15) is 0 Å². The summed E-state index contributed by atoms with van der Waals surface area (Å²) in [4.78, 5) is 11.0. The summed E-state index contributed by atoms with van der Waals surface area (Å²) in [6.07, 6.45) is 4.04. The maximum Gasteiger partial charge on any atom is 0.145 e. The highest BCUT2D eigenvalue weighted by Crippen LogP contribution is 2.40.